The van der Waals surface area contributed by atoms with Crippen molar-refractivity contribution in [2.45, 2.75) is 12.2 Å². The van der Waals surface area contributed by atoms with E-state index in [1.165, 1.54) is 0 Å². The molecular weight excluding hydrogens is 206 g/mol. The molecule has 0 saturated heterocycles. The first kappa shape index (κ1) is 11.1. The number of hydrogen-bond acceptors (Lipinski definition) is 4. The van der Waals surface area contributed by atoms with E-state index < -0.39 is 12.2 Å². The fraction of sp³-hybridized carbons (Fsp3) is 0.364. The Morgan fingerprint density at radius 3 is 3.00 bits per heavy atom. The van der Waals surface area contributed by atoms with E-state index in [1.54, 1.807) is 25.5 Å². The fourth-order valence-corrected chi connectivity index (χ4v) is 1.77. The molecule has 0 aliphatic rings. The SMILES string of the molecule is CNCC(O)C(O)c1ccnc2[nH]ccc12. The lowest BCUT2D eigenvalue weighted by Crippen LogP contribution is -2.29. The van der Waals surface area contributed by atoms with Crippen molar-refractivity contribution in [3.05, 3.63) is 30.1 Å². The van der Waals surface area contributed by atoms with E-state index in [0.29, 0.717) is 17.8 Å². The molecule has 0 spiro atoms. The first-order chi connectivity index (χ1) is 7.74. The number of likely N-dealkylation sites (N-methyl/N-ethyl adjacent to an activating group) is 1. The monoisotopic (exact) mass is 221 g/mol. The van der Waals surface area contributed by atoms with Gasteiger partial charge in [-0.3, -0.25) is 0 Å². The molecular formula is C11H15N3O2. The zero-order valence-corrected chi connectivity index (χ0v) is 9.01. The molecule has 0 bridgehead atoms. The number of aromatic nitrogens is 2. The Bertz CT molecular complexity index is 469. The Morgan fingerprint density at radius 1 is 1.44 bits per heavy atom. The van der Waals surface area contributed by atoms with Gasteiger partial charge in [0.25, 0.3) is 0 Å². The summed E-state index contributed by atoms with van der Waals surface area (Å²) in [6.07, 6.45) is 1.64. The third-order valence-corrected chi connectivity index (χ3v) is 2.59. The maximum Gasteiger partial charge on any atom is 0.137 e. The Balaban J connectivity index is 2.35. The Morgan fingerprint density at radius 2 is 2.25 bits per heavy atom. The number of fused-ring (bicyclic) bond motifs is 1. The topological polar surface area (TPSA) is 81.2 Å². The number of aliphatic hydroxyl groups is 2. The van der Waals surface area contributed by atoms with Crippen molar-refractivity contribution < 1.29 is 10.2 Å². The smallest absolute Gasteiger partial charge is 0.137 e. The molecule has 0 amide bonds. The van der Waals surface area contributed by atoms with Gasteiger partial charge in [-0.15, -0.1) is 0 Å². The van der Waals surface area contributed by atoms with Crippen molar-refractivity contribution in [3.8, 4) is 0 Å². The minimum absolute atomic E-state index is 0.343. The van der Waals surface area contributed by atoms with Crippen LogP contribution in [0.3, 0.4) is 0 Å². The second-order valence-corrected chi connectivity index (χ2v) is 3.71. The van der Waals surface area contributed by atoms with Gasteiger partial charge in [0.1, 0.15) is 11.8 Å². The molecule has 0 aromatic carbocycles. The first-order valence-corrected chi connectivity index (χ1v) is 5.16. The van der Waals surface area contributed by atoms with E-state index in [1.807, 2.05) is 6.07 Å². The molecule has 2 aromatic heterocycles. The van der Waals surface area contributed by atoms with Crippen LogP contribution in [0.2, 0.25) is 0 Å². The summed E-state index contributed by atoms with van der Waals surface area (Å²) in [5.41, 5.74) is 1.40. The van der Waals surface area contributed by atoms with Crippen LogP contribution in [-0.2, 0) is 0 Å². The zero-order chi connectivity index (χ0) is 11.5. The van der Waals surface area contributed by atoms with Gasteiger partial charge in [-0.05, 0) is 24.7 Å². The van der Waals surface area contributed by atoms with E-state index in [-0.39, 0.29) is 0 Å². The van der Waals surface area contributed by atoms with Crippen molar-refractivity contribution >= 4 is 11.0 Å². The lowest BCUT2D eigenvalue weighted by atomic mass is 10.0. The van der Waals surface area contributed by atoms with E-state index >= 15 is 0 Å². The molecule has 2 aromatic rings. The van der Waals surface area contributed by atoms with Crippen molar-refractivity contribution in [2.24, 2.45) is 0 Å². The normalized spacial score (nSPS) is 15.2. The fourth-order valence-electron chi connectivity index (χ4n) is 1.77. The molecule has 86 valence electrons. The minimum atomic E-state index is -0.909. The van der Waals surface area contributed by atoms with Gasteiger partial charge in [-0.25, -0.2) is 4.98 Å². The maximum atomic E-state index is 10.0. The molecule has 0 aliphatic heterocycles. The third-order valence-electron chi connectivity index (χ3n) is 2.59. The molecule has 5 heteroatoms. The number of rotatable bonds is 4. The standard InChI is InChI=1S/C11H15N3O2/c1-12-6-9(15)10(16)7-2-4-13-11-8(7)3-5-14-11/h2-5,9-10,12,15-16H,6H2,1H3,(H,13,14). The van der Waals surface area contributed by atoms with Gasteiger partial charge in [-0.2, -0.15) is 0 Å². The summed E-state index contributed by atoms with van der Waals surface area (Å²) < 4.78 is 0. The van der Waals surface area contributed by atoms with Crippen LogP contribution in [-0.4, -0.2) is 39.9 Å². The summed E-state index contributed by atoms with van der Waals surface area (Å²) in [6, 6.07) is 3.56. The summed E-state index contributed by atoms with van der Waals surface area (Å²) in [6.45, 7) is 0.343. The largest absolute Gasteiger partial charge is 0.389 e. The molecule has 0 saturated carbocycles. The van der Waals surface area contributed by atoms with Crippen LogP contribution < -0.4 is 5.32 Å². The Labute approximate surface area is 93.1 Å². The molecule has 16 heavy (non-hydrogen) atoms. The highest BCUT2D eigenvalue weighted by molar-refractivity contribution is 5.79. The number of hydrogen-bond donors (Lipinski definition) is 4. The van der Waals surface area contributed by atoms with Gasteiger partial charge >= 0.3 is 0 Å². The highest BCUT2D eigenvalue weighted by Gasteiger charge is 2.20. The van der Waals surface area contributed by atoms with Crippen LogP contribution >= 0.6 is 0 Å². The summed E-state index contributed by atoms with van der Waals surface area (Å²) in [4.78, 5) is 7.09. The second kappa shape index (κ2) is 4.61. The zero-order valence-electron chi connectivity index (χ0n) is 9.01. The van der Waals surface area contributed by atoms with Gasteiger partial charge in [0.05, 0.1) is 6.10 Å². The van der Waals surface area contributed by atoms with Crippen LogP contribution in [0.1, 0.15) is 11.7 Å². The number of aromatic amines is 1. The molecule has 0 radical (unpaired) electrons. The molecule has 2 heterocycles. The maximum absolute atomic E-state index is 10.0. The highest BCUT2D eigenvalue weighted by Crippen LogP contribution is 2.24. The lowest BCUT2D eigenvalue weighted by molar-refractivity contribution is 0.0211. The van der Waals surface area contributed by atoms with Gasteiger partial charge in [0.2, 0.25) is 0 Å². The summed E-state index contributed by atoms with van der Waals surface area (Å²) in [5, 5.41) is 23.4. The predicted molar refractivity (Wildman–Crippen MR) is 61.0 cm³/mol. The van der Waals surface area contributed by atoms with Gasteiger partial charge < -0.3 is 20.5 Å². The molecule has 5 nitrogen and oxygen atoms in total. The average molecular weight is 221 g/mol. The van der Waals surface area contributed by atoms with Crippen molar-refractivity contribution in [3.63, 3.8) is 0 Å². The first-order valence-electron chi connectivity index (χ1n) is 5.16. The van der Waals surface area contributed by atoms with E-state index in [0.717, 1.165) is 5.39 Å². The van der Waals surface area contributed by atoms with Gasteiger partial charge in [0, 0.05) is 24.3 Å². The predicted octanol–water partition coefficient (Wildman–Crippen LogP) is 0.177. The highest BCUT2D eigenvalue weighted by atomic mass is 16.3. The molecule has 0 aliphatic carbocycles. The summed E-state index contributed by atoms with van der Waals surface area (Å²) in [7, 11) is 1.73. The summed E-state index contributed by atoms with van der Waals surface area (Å²) in [5.74, 6) is 0. The number of H-pyrrole nitrogens is 1. The molecule has 2 rings (SSSR count). The molecule has 4 N–H and O–H groups in total. The van der Waals surface area contributed by atoms with Crippen molar-refractivity contribution in [1.29, 1.82) is 0 Å². The molecule has 2 atom stereocenters. The van der Waals surface area contributed by atoms with Crippen molar-refractivity contribution in [1.82, 2.24) is 15.3 Å². The van der Waals surface area contributed by atoms with Crippen LogP contribution in [0.4, 0.5) is 0 Å². The van der Waals surface area contributed by atoms with Crippen LogP contribution in [0, 0.1) is 0 Å². The quantitative estimate of drug-likeness (QED) is 0.593. The molecule has 2 unspecified atom stereocenters. The van der Waals surface area contributed by atoms with E-state index in [4.69, 9.17) is 0 Å². The second-order valence-electron chi connectivity index (χ2n) is 3.71. The Hall–Kier alpha value is -1.43. The number of pyridine rings is 1. The number of nitrogens with one attached hydrogen (secondary N) is 2. The number of aliphatic hydroxyl groups excluding tert-OH is 2. The van der Waals surface area contributed by atoms with Gasteiger partial charge in [-0.1, -0.05) is 0 Å². The minimum Gasteiger partial charge on any atom is -0.389 e. The summed E-state index contributed by atoms with van der Waals surface area (Å²) >= 11 is 0. The molecule has 0 fully saturated rings. The third kappa shape index (κ3) is 1.92. The van der Waals surface area contributed by atoms with Crippen LogP contribution in [0.15, 0.2) is 24.5 Å². The Kier molecular flexibility index (Phi) is 3.19. The van der Waals surface area contributed by atoms with Crippen molar-refractivity contribution in [2.75, 3.05) is 13.6 Å². The van der Waals surface area contributed by atoms with Gasteiger partial charge in [0.15, 0.2) is 0 Å². The average Bonchev–Trinajstić information content (AvgIpc) is 2.76. The number of nitrogens with zero attached hydrogens (tertiary/aromatic N) is 1. The van der Waals surface area contributed by atoms with Crippen LogP contribution in [0.25, 0.3) is 11.0 Å². The lowest BCUT2D eigenvalue weighted by Gasteiger charge is -2.18. The van der Waals surface area contributed by atoms with E-state index in [2.05, 4.69) is 15.3 Å². The van der Waals surface area contributed by atoms with Crippen LogP contribution in [0.5, 0.6) is 0 Å². The van der Waals surface area contributed by atoms with E-state index in [9.17, 15) is 10.2 Å².